The molecule has 1 atom stereocenters. The van der Waals surface area contributed by atoms with E-state index in [0.29, 0.717) is 0 Å². The van der Waals surface area contributed by atoms with Crippen LogP contribution in [0.3, 0.4) is 0 Å². The highest BCUT2D eigenvalue weighted by Crippen LogP contribution is 2.27. The van der Waals surface area contributed by atoms with Gasteiger partial charge in [0.15, 0.2) is 0 Å². The summed E-state index contributed by atoms with van der Waals surface area (Å²) in [5.74, 6) is 0.504. The van der Waals surface area contributed by atoms with Gasteiger partial charge < -0.3 is 5.32 Å². The Morgan fingerprint density at radius 3 is 2.58 bits per heavy atom. The van der Waals surface area contributed by atoms with Crippen LogP contribution in [-0.4, -0.2) is 5.91 Å². The number of benzene rings is 1. The molecule has 104 valence electrons. The van der Waals surface area contributed by atoms with Gasteiger partial charge in [-0.2, -0.15) is 0 Å². The van der Waals surface area contributed by atoms with Crippen LogP contribution in [0.2, 0.25) is 0 Å². The Kier molecular flexibility index (Phi) is 4.62. The van der Waals surface area contributed by atoms with E-state index in [1.54, 1.807) is 0 Å². The topological polar surface area (TPSA) is 29.1 Å². The molecule has 0 radical (unpaired) electrons. The van der Waals surface area contributed by atoms with Crippen LogP contribution in [0.5, 0.6) is 0 Å². The van der Waals surface area contributed by atoms with Crippen LogP contribution in [0, 0.1) is 19.8 Å². The van der Waals surface area contributed by atoms with Gasteiger partial charge >= 0.3 is 0 Å². The molecule has 1 aromatic carbocycles. The molecule has 0 heterocycles. The Hall–Kier alpha value is -1.31. The lowest BCUT2D eigenvalue weighted by Crippen LogP contribution is -2.33. The summed E-state index contributed by atoms with van der Waals surface area (Å²) in [6.45, 7) is 6.38. The maximum atomic E-state index is 12.3. The summed E-state index contributed by atoms with van der Waals surface area (Å²) in [5, 5.41) is 3.25. The third kappa shape index (κ3) is 3.37. The minimum atomic E-state index is 0.161. The first-order valence-electron chi connectivity index (χ1n) is 7.49. The number of carbonyl (C=O) groups excluding carboxylic acids is 1. The molecule has 1 fully saturated rings. The van der Waals surface area contributed by atoms with E-state index in [2.05, 4.69) is 44.3 Å². The molecule has 1 saturated carbocycles. The van der Waals surface area contributed by atoms with Gasteiger partial charge in [0, 0.05) is 5.92 Å². The van der Waals surface area contributed by atoms with Gasteiger partial charge in [-0.1, -0.05) is 43.5 Å². The van der Waals surface area contributed by atoms with Gasteiger partial charge in [0.25, 0.3) is 0 Å². The molecule has 1 aliphatic rings. The van der Waals surface area contributed by atoms with E-state index in [9.17, 15) is 4.79 Å². The van der Waals surface area contributed by atoms with Crippen molar-refractivity contribution in [3.63, 3.8) is 0 Å². The summed E-state index contributed by atoms with van der Waals surface area (Å²) in [7, 11) is 0. The summed E-state index contributed by atoms with van der Waals surface area (Å²) < 4.78 is 0. The van der Waals surface area contributed by atoms with Crippen molar-refractivity contribution in [2.24, 2.45) is 5.92 Å². The molecular weight excluding hydrogens is 234 g/mol. The highest BCUT2D eigenvalue weighted by atomic mass is 16.1. The number of carbonyl (C=O) groups is 1. The second-order valence-corrected chi connectivity index (χ2v) is 5.81. The molecule has 1 aliphatic carbocycles. The average Bonchev–Trinajstić information content (AvgIpc) is 2.90. The molecule has 2 rings (SSSR count). The van der Waals surface area contributed by atoms with Crippen molar-refractivity contribution < 1.29 is 4.79 Å². The zero-order chi connectivity index (χ0) is 13.8. The van der Waals surface area contributed by atoms with Crippen LogP contribution >= 0.6 is 0 Å². The number of amides is 1. The van der Waals surface area contributed by atoms with Gasteiger partial charge in [0.1, 0.15) is 0 Å². The van der Waals surface area contributed by atoms with Crippen LogP contribution in [0.4, 0.5) is 0 Å². The second kappa shape index (κ2) is 6.23. The van der Waals surface area contributed by atoms with E-state index in [4.69, 9.17) is 0 Å². The molecule has 1 aromatic rings. The largest absolute Gasteiger partial charge is 0.349 e. The Morgan fingerprint density at radius 1 is 1.32 bits per heavy atom. The number of aryl methyl sites for hydroxylation is 2. The maximum absolute atomic E-state index is 12.3. The SMILES string of the molecule is CC[C@H](NC(=O)C1CCCC1)c1ccc(C)cc1C. The zero-order valence-electron chi connectivity index (χ0n) is 12.3. The molecule has 19 heavy (non-hydrogen) atoms. The molecular formula is C17H25NO. The summed E-state index contributed by atoms with van der Waals surface area (Å²) in [6, 6.07) is 6.65. The summed E-state index contributed by atoms with van der Waals surface area (Å²) in [6.07, 6.45) is 5.49. The average molecular weight is 259 g/mol. The first-order valence-corrected chi connectivity index (χ1v) is 7.49. The van der Waals surface area contributed by atoms with E-state index in [0.717, 1.165) is 19.3 Å². The van der Waals surface area contributed by atoms with Gasteiger partial charge in [-0.15, -0.1) is 0 Å². The molecule has 2 nitrogen and oxygen atoms in total. The molecule has 0 spiro atoms. The second-order valence-electron chi connectivity index (χ2n) is 5.81. The maximum Gasteiger partial charge on any atom is 0.223 e. The first-order chi connectivity index (χ1) is 9.11. The van der Waals surface area contributed by atoms with Crippen molar-refractivity contribution in [1.82, 2.24) is 5.32 Å². The molecule has 0 aromatic heterocycles. The fourth-order valence-electron chi connectivity index (χ4n) is 3.09. The molecule has 0 bridgehead atoms. The van der Waals surface area contributed by atoms with Crippen molar-refractivity contribution in [3.05, 3.63) is 34.9 Å². The van der Waals surface area contributed by atoms with E-state index in [-0.39, 0.29) is 17.9 Å². The van der Waals surface area contributed by atoms with Crippen molar-refractivity contribution in [2.75, 3.05) is 0 Å². The summed E-state index contributed by atoms with van der Waals surface area (Å²) in [5.41, 5.74) is 3.82. The van der Waals surface area contributed by atoms with Gasteiger partial charge in [0.2, 0.25) is 5.91 Å². The molecule has 0 aliphatic heterocycles. The molecule has 1 amide bonds. The van der Waals surface area contributed by atoms with Crippen molar-refractivity contribution in [3.8, 4) is 0 Å². The van der Waals surface area contributed by atoms with Crippen molar-refractivity contribution in [1.29, 1.82) is 0 Å². The van der Waals surface area contributed by atoms with Gasteiger partial charge in [-0.25, -0.2) is 0 Å². The highest BCUT2D eigenvalue weighted by molar-refractivity contribution is 5.79. The predicted molar refractivity (Wildman–Crippen MR) is 79.0 cm³/mol. The fourth-order valence-corrected chi connectivity index (χ4v) is 3.09. The number of rotatable bonds is 4. The van der Waals surface area contributed by atoms with Crippen LogP contribution < -0.4 is 5.32 Å². The zero-order valence-corrected chi connectivity index (χ0v) is 12.3. The first kappa shape index (κ1) is 14.1. The van der Waals surface area contributed by atoms with Crippen LogP contribution in [0.1, 0.15) is 61.8 Å². The summed E-state index contributed by atoms with van der Waals surface area (Å²) in [4.78, 5) is 12.3. The minimum Gasteiger partial charge on any atom is -0.349 e. The third-order valence-corrected chi connectivity index (χ3v) is 4.25. The number of hydrogen-bond donors (Lipinski definition) is 1. The van der Waals surface area contributed by atoms with Crippen LogP contribution in [0.25, 0.3) is 0 Å². The van der Waals surface area contributed by atoms with E-state index < -0.39 is 0 Å². The molecule has 1 N–H and O–H groups in total. The Labute approximate surface area is 116 Å². The molecule has 2 heteroatoms. The molecule has 0 saturated heterocycles. The van der Waals surface area contributed by atoms with Gasteiger partial charge in [0.05, 0.1) is 6.04 Å². The number of hydrogen-bond acceptors (Lipinski definition) is 1. The normalized spacial score (nSPS) is 17.4. The van der Waals surface area contributed by atoms with Gasteiger partial charge in [-0.05, 0) is 44.2 Å². The lowest BCUT2D eigenvalue weighted by Gasteiger charge is -2.22. The fraction of sp³-hybridized carbons (Fsp3) is 0.588. The highest BCUT2D eigenvalue weighted by Gasteiger charge is 2.25. The third-order valence-electron chi connectivity index (χ3n) is 4.25. The number of nitrogens with one attached hydrogen (secondary N) is 1. The van der Waals surface area contributed by atoms with E-state index in [1.165, 1.54) is 29.5 Å². The Balaban J connectivity index is 2.08. The monoisotopic (exact) mass is 259 g/mol. The van der Waals surface area contributed by atoms with Crippen molar-refractivity contribution in [2.45, 2.75) is 58.9 Å². The Morgan fingerprint density at radius 2 is 2.00 bits per heavy atom. The molecule has 0 unspecified atom stereocenters. The van der Waals surface area contributed by atoms with E-state index in [1.807, 2.05) is 0 Å². The van der Waals surface area contributed by atoms with E-state index >= 15 is 0 Å². The standard InChI is InChI=1S/C17H25NO/c1-4-16(15-10-9-12(2)11-13(15)3)18-17(19)14-7-5-6-8-14/h9-11,14,16H,4-8H2,1-3H3,(H,18,19)/t16-/m0/s1. The summed E-state index contributed by atoms with van der Waals surface area (Å²) >= 11 is 0. The minimum absolute atomic E-state index is 0.161. The van der Waals surface area contributed by atoms with Crippen molar-refractivity contribution >= 4 is 5.91 Å². The van der Waals surface area contributed by atoms with Gasteiger partial charge in [-0.3, -0.25) is 4.79 Å². The smallest absolute Gasteiger partial charge is 0.223 e. The Bertz CT molecular complexity index is 447. The van der Waals surface area contributed by atoms with Crippen LogP contribution in [0.15, 0.2) is 18.2 Å². The van der Waals surface area contributed by atoms with Crippen LogP contribution in [-0.2, 0) is 4.79 Å². The predicted octanol–water partition coefficient (Wildman–Crippen LogP) is 4.06. The quantitative estimate of drug-likeness (QED) is 0.868. The lowest BCUT2D eigenvalue weighted by atomic mass is 9.96. The lowest BCUT2D eigenvalue weighted by molar-refractivity contribution is -0.125.